The molecule has 0 aromatic heterocycles. The SMILES string of the molecule is CC(O)COCCOCCOCCOCCOCCO.O=[PH](O)O. The van der Waals surface area contributed by atoms with Gasteiger partial charge in [0.1, 0.15) is 0 Å². The number of aliphatic hydroxyl groups excluding tert-OH is 2. The highest BCUT2D eigenvalue weighted by Crippen LogP contribution is 1.98. The molecule has 0 rings (SSSR count). The molecule has 1 atom stereocenters. The van der Waals surface area contributed by atoms with Crippen LogP contribution in [0.3, 0.4) is 0 Å². The molecule has 4 N–H and O–H groups in total. The molecule has 0 bridgehead atoms. The topological polar surface area (TPSA) is 144 Å². The Hall–Kier alpha value is -0.130. The average molecular weight is 378 g/mol. The summed E-state index contributed by atoms with van der Waals surface area (Å²) >= 11 is 0. The Morgan fingerprint density at radius 2 is 1.04 bits per heavy atom. The van der Waals surface area contributed by atoms with E-state index in [0.29, 0.717) is 66.1 Å². The quantitative estimate of drug-likeness (QED) is 0.191. The second-order valence-electron chi connectivity index (χ2n) is 4.38. The third kappa shape index (κ3) is 33.5. The first-order valence-electron chi connectivity index (χ1n) is 7.60. The molecule has 0 saturated carbocycles. The van der Waals surface area contributed by atoms with Gasteiger partial charge in [0.25, 0.3) is 0 Å². The van der Waals surface area contributed by atoms with Gasteiger partial charge in [-0.05, 0) is 6.92 Å². The third-order valence-corrected chi connectivity index (χ3v) is 2.08. The lowest BCUT2D eigenvalue weighted by Crippen LogP contribution is -2.15. The Morgan fingerprint density at radius 1 is 0.750 bits per heavy atom. The minimum atomic E-state index is -3.13. The van der Waals surface area contributed by atoms with Crippen LogP contribution in [0.1, 0.15) is 6.92 Å². The predicted octanol–water partition coefficient (Wildman–Crippen LogP) is -1.20. The Balaban J connectivity index is 0. The van der Waals surface area contributed by atoms with E-state index in [2.05, 4.69) is 0 Å². The van der Waals surface area contributed by atoms with Crippen LogP contribution in [-0.2, 0) is 28.2 Å². The fraction of sp³-hybridized carbons (Fsp3) is 1.00. The van der Waals surface area contributed by atoms with Crippen molar-refractivity contribution < 1.29 is 48.2 Å². The molecule has 0 aliphatic carbocycles. The van der Waals surface area contributed by atoms with E-state index >= 15 is 0 Å². The fourth-order valence-corrected chi connectivity index (χ4v) is 1.20. The summed E-state index contributed by atoms with van der Waals surface area (Å²) in [5.41, 5.74) is 0. The molecule has 0 aromatic carbocycles. The largest absolute Gasteiger partial charge is 0.394 e. The Labute approximate surface area is 143 Å². The first-order chi connectivity index (χ1) is 11.5. The van der Waals surface area contributed by atoms with Gasteiger partial charge in [-0.1, -0.05) is 0 Å². The van der Waals surface area contributed by atoms with Gasteiger partial charge in [-0.3, -0.25) is 4.57 Å². The van der Waals surface area contributed by atoms with Crippen molar-refractivity contribution in [2.75, 3.05) is 72.7 Å². The molecule has 1 unspecified atom stereocenters. The molecule has 0 radical (unpaired) electrons. The molecule has 0 amide bonds. The first kappa shape index (κ1) is 26.1. The molecule has 0 heterocycles. The molecule has 0 saturated heterocycles. The lowest BCUT2D eigenvalue weighted by molar-refractivity contribution is -0.0202. The Bertz CT molecular complexity index is 251. The molecule has 148 valence electrons. The molecular formula is C13H31O10P. The highest BCUT2D eigenvalue weighted by atomic mass is 31.1. The summed E-state index contributed by atoms with van der Waals surface area (Å²) in [7, 11) is -3.13. The van der Waals surface area contributed by atoms with Crippen molar-refractivity contribution in [1.82, 2.24) is 0 Å². The van der Waals surface area contributed by atoms with Crippen molar-refractivity contribution in [1.29, 1.82) is 0 Å². The van der Waals surface area contributed by atoms with Crippen LogP contribution in [0.2, 0.25) is 0 Å². The van der Waals surface area contributed by atoms with E-state index in [1.807, 2.05) is 0 Å². The second kappa shape index (κ2) is 22.9. The van der Waals surface area contributed by atoms with Crippen LogP contribution in [0.25, 0.3) is 0 Å². The minimum absolute atomic E-state index is 0.0349. The van der Waals surface area contributed by atoms with E-state index in [-0.39, 0.29) is 6.61 Å². The minimum Gasteiger partial charge on any atom is -0.394 e. The van der Waals surface area contributed by atoms with Crippen molar-refractivity contribution in [3.63, 3.8) is 0 Å². The van der Waals surface area contributed by atoms with Crippen LogP contribution in [0, 0.1) is 0 Å². The lowest BCUT2D eigenvalue weighted by Gasteiger charge is -2.08. The standard InChI is InChI=1S/C13H28O7.H3O3P/c1-13(15)12-20-11-10-19-9-8-18-7-6-17-5-4-16-3-2-14;1-4(2)3/h13-15H,2-12H2,1H3;4H,(H2,1,2,3). The van der Waals surface area contributed by atoms with E-state index in [1.54, 1.807) is 6.92 Å². The zero-order valence-corrected chi connectivity index (χ0v) is 15.1. The van der Waals surface area contributed by atoms with E-state index < -0.39 is 14.4 Å². The third-order valence-electron chi connectivity index (χ3n) is 2.08. The van der Waals surface area contributed by atoms with Gasteiger partial charge in [0.2, 0.25) is 0 Å². The zero-order valence-electron chi connectivity index (χ0n) is 14.1. The average Bonchev–Trinajstić information content (AvgIpc) is 2.50. The summed E-state index contributed by atoms with van der Waals surface area (Å²) in [5, 5.41) is 17.4. The van der Waals surface area contributed by atoms with E-state index in [0.717, 1.165) is 0 Å². The van der Waals surface area contributed by atoms with E-state index in [4.69, 9.17) is 48.2 Å². The number of ether oxygens (including phenoxy) is 5. The summed E-state index contributed by atoms with van der Waals surface area (Å²) < 4.78 is 34.7. The lowest BCUT2D eigenvalue weighted by atomic mass is 10.4. The maximum absolute atomic E-state index is 8.94. The number of aliphatic hydroxyl groups is 2. The van der Waals surface area contributed by atoms with Crippen molar-refractivity contribution in [2.45, 2.75) is 13.0 Å². The molecule has 0 spiro atoms. The van der Waals surface area contributed by atoms with Gasteiger partial charge in [0.15, 0.2) is 0 Å². The van der Waals surface area contributed by atoms with Crippen LogP contribution in [0.5, 0.6) is 0 Å². The van der Waals surface area contributed by atoms with Gasteiger partial charge >= 0.3 is 8.25 Å². The van der Waals surface area contributed by atoms with Crippen LogP contribution >= 0.6 is 8.25 Å². The molecule has 10 nitrogen and oxygen atoms in total. The zero-order chi connectivity index (χ0) is 18.5. The van der Waals surface area contributed by atoms with Gasteiger partial charge in [-0.2, -0.15) is 0 Å². The monoisotopic (exact) mass is 378 g/mol. The van der Waals surface area contributed by atoms with Gasteiger partial charge < -0.3 is 43.7 Å². The van der Waals surface area contributed by atoms with Gasteiger partial charge in [-0.25, -0.2) is 0 Å². The molecule has 0 aromatic rings. The molecule has 0 aliphatic rings. The molecule has 0 aliphatic heterocycles. The summed E-state index contributed by atoms with van der Waals surface area (Å²) in [6, 6.07) is 0. The highest BCUT2D eigenvalue weighted by molar-refractivity contribution is 7.30. The van der Waals surface area contributed by atoms with E-state index in [1.165, 1.54) is 0 Å². The Kier molecular flexibility index (Phi) is 24.9. The summed E-state index contributed by atoms with van der Waals surface area (Å²) in [6.07, 6.45) is -0.438. The highest BCUT2D eigenvalue weighted by Gasteiger charge is 1.95. The van der Waals surface area contributed by atoms with Gasteiger partial charge in [0, 0.05) is 0 Å². The van der Waals surface area contributed by atoms with E-state index in [9.17, 15) is 0 Å². The molecular weight excluding hydrogens is 347 g/mol. The molecule has 24 heavy (non-hydrogen) atoms. The van der Waals surface area contributed by atoms with Crippen LogP contribution < -0.4 is 0 Å². The maximum atomic E-state index is 8.94. The first-order valence-corrected chi connectivity index (χ1v) is 8.90. The molecule has 11 heteroatoms. The maximum Gasteiger partial charge on any atom is 0.314 e. The van der Waals surface area contributed by atoms with Crippen molar-refractivity contribution >= 4 is 8.25 Å². The smallest absolute Gasteiger partial charge is 0.314 e. The Morgan fingerprint density at radius 3 is 1.33 bits per heavy atom. The number of hydrogen-bond acceptors (Lipinski definition) is 8. The van der Waals surface area contributed by atoms with Crippen molar-refractivity contribution in [3.8, 4) is 0 Å². The summed E-state index contributed by atoms with van der Waals surface area (Å²) in [4.78, 5) is 14.3. The summed E-state index contributed by atoms with van der Waals surface area (Å²) in [6.45, 7) is 6.40. The summed E-state index contributed by atoms with van der Waals surface area (Å²) in [5.74, 6) is 0. The van der Waals surface area contributed by atoms with Gasteiger partial charge in [-0.15, -0.1) is 0 Å². The van der Waals surface area contributed by atoms with Crippen LogP contribution in [0.15, 0.2) is 0 Å². The fourth-order valence-electron chi connectivity index (χ4n) is 1.20. The van der Waals surface area contributed by atoms with Crippen molar-refractivity contribution in [3.05, 3.63) is 0 Å². The number of rotatable bonds is 16. The predicted molar refractivity (Wildman–Crippen MR) is 86.3 cm³/mol. The normalized spacial score (nSPS) is 12.1. The second-order valence-corrected chi connectivity index (χ2v) is 4.94. The molecule has 0 fully saturated rings. The number of hydrogen-bond donors (Lipinski definition) is 4. The van der Waals surface area contributed by atoms with Crippen LogP contribution in [-0.4, -0.2) is 98.8 Å². The van der Waals surface area contributed by atoms with Crippen molar-refractivity contribution in [2.24, 2.45) is 0 Å². The van der Waals surface area contributed by atoms with Gasteiger partial charge in [0.05, 0.1) is 78.8 Å². The van der Waals surface area contributed by atoms with Crippen LogP contribution in [0.4, 0.5) is 0 Å².